The number of hydrogen-bond donors (Lipinski definition) is 1. The molecule has 5 nitrogen and oxygen atoms in total. The Bertz CT molecular complexity index is 320. The maximum atomic E-state index is 5.10. The molecule has 23 heavy (non-hydrogen) atoms. The normalized spacial score (nSPS) is 21.9. The molecule has 138 valence electrons. The van der Waals surface area contributed by atoms with Gasteiger partial charge in [-0.1, -0.05) is 19.8 Å². The topological polar surface area (TPSA) is 40.1 Å². The van der Waals surface area contributed by atoms with Crippen molar-refractivity contribution in [3.05, 3.63) is 0 Å². The molecule has 0 saturated heterocycles. The van der Waals surface area contributed by atoms with E-state index in [-0.39, 0.29) is 24.0 Å². The van der Waals surface area contributed by atoms with Crippen LogP contribution in [-0.2, 0) is 4.74 Å². The first-order valence-corrected chi connectivity index (χ1v) is 8.66. The van der Waals surface area contributed by atoms with Gasteiger partial charge in [-0.2, -0.15) is 0 Å². The smallest absolute Gasteiger partial charge is 0.193 e. The summed E-state index contributed by atoms with van der Waals surface area (Å²) in [5, 5.41) is 3.47. The maximum Gasteiger partial charge on any atom is 0.193 e. The number of methoxy groups -OCH3 is 1. The number of ether oxygens (including phenoxy) is 1. The number of nitrogens with zero attached hydrogens (tertiary/aromatic N) is 3. The molecule has 1 fully saturated rings. The Hall–Kier alpha value is -0.0800. The van der Waals surface area contributed by atoms with Crippen molar-refractivity contribution in [3.63, 3.8) is 0 Å². The molecule has 1 aliphatic rings. The molecule has 0 aromatic rings. The number of hydrogen-bond acceptors (Lipinski definition) is 3. The zero-order valence-electron chi connectivity index (χ0n) is 15.7. The minimum absolute atomic E-state index is 0. The van der Waals surface area contributed by atoms with E-state index in [4.69, 9.17) is 4.74 Å². The Labute approximate surface area is 160 Å². The molecular formula is C17H37IN4O. The molecule has 0 heterocycles. The average Bonchev–Trinajstić information content (AvgIpc) is 2.51. The van der Waals surface area contributed by atoms with Gasteiger partial charge in [-0.15, -0.1) is 24.0 Å². The highest BCUT2D eigenvalue weighted by molar-refractivity contribution is 14.0. The number of rotatable bonds is 8. The summed E-state index contributed by atoms with van der Waals surface area (Å²) < 4.78 is 5.10. The van der Waals surface area contributed by atoms with Crippen LogP contribution in [0.1, 0.15) is 32.6 Å². The van der Waals surface area contributed by atoms with Gasteiger partial charge in [0, 0.05) is 47.4 Å². The molecule has 1 rings (SSSR count). The van der Waals surface area contributed by atoms with Crippen LogP contribution in [0.4, 0.5) is 0 Å². The number of guanidine groups is 1. The molecular weight excluding hydrogens is 403 g/mol. The first kappa shape index (κ1) is 22.9. The Morgan fingerprint density at radius 3 is 2.39 bits per heavy atom. The van der Waals surface area contributed by atoms with Gasteiger partial charge < -0.3 is 19.9 Å². The minimum atomic E-state index is 0. The van der Waals surface area contributed by atoms with E-state index < -0.39 is 0 Å². The third-order valence-electron chi connectivity index (χ3n) is 4.69. The van der Waals surface area contributed by atoms with E-state index in [0.29, 0.717) is 0 Å². The van der Waals surface area contributed by atoms with Gasteiger partial charge in [-0.25, -0.2) is 0 Å². The van der Waals surface area contributed by atoms with Crippen LogP contribution < -0.4 is 5.32 Å². The fraction of sp³-hybridized carbons (Fsp3) is 0.941. The third kappa shape index (κ3) is 9.72. The Balaban J connectivity index is 0.00000484. The largest absolute Gasteiger partial charge is 0.383 e. The zero-order valence-corrected chi connectivity index (χ0v) is 18.0. The van der Waals surface area contributed by atoms with Crippen molar-refractivity contribution in [2.24, 2.45) is 16.8 Å². The molecule has 0 radical (unpaired) electrons. The van der Waals surface area contributed by atoms with Gasteiger partial charge >= 0.3 is 0 Å². The van der Waals surface area contributed by atoms with Crippen molar-refractivity contribution < 1.29 is 4.74 Å². The summed E-state index contributed by atoms with van der Waals surface area (Å²) in [6.45, 7) is 7.15. The monoisotopic (exact) mass is 440 g/mol. The third-order valence-corrected chi connectivity index (χ3v) is 4.69. The number of likely N-dealkylation sites (N-methyl/N-ethyl adjacent to an activating group) is 1. The molecule has 0 aliphatic heterocycles. The van der Waals surface area contributed by atoms with E-state index in [1.165, 1.54) is 25.7 Å². The second kappa shape index (κ2) is 13.2. The van der Waals surface area contributed by atoms with Crippen LogP contribution in [0.25, 0.3) is 0 Å². The lowest BCUT2D eigenvalue weighted by Gasteiger charge is -2.31. The van der Waals surface area contributed by atoms with E-state index in [9.17, 15) is 0 Å². The molecule has 0 bridgehead atoms. The molecule has 0 amide bonds. The molecule has 0 unspecified atom stereocenters. The number of nitrogens with one attached hydrogen (secondary N) is 1. The molecule has 1 N–H and O–H groups in total. The fourth-order valence-electron chi connectivity index (χ4n) is 3.09. The van der Waals surface area contributed by atoms with Crippen LogP contribution in [0.3, 0.4) is 0 Å². The average molecular weight is 440 g/mol. The highest BCUT2D eigenvalue weighted by atomic mass is 127. The molecule has 0 aromatic heterocycles. The summed E-state index contributed by atoms with van der Waals surface area (Å²) in [4.78, 5) is 8.97. The van der Waals surface area contributed by atoms with Crippen molar-refractivity contribution in [3.8, 4) is 0 Å². The lowest BCUT2D eigenvalue weighted by atomic mass is 9.83. The van der Waals surface area contributed by atoms with Crippen molar-refractivity contribution in [2.45, 2.75) is 32.6 Å². The van der Waals surface area contributed by atoms with Crippen LogP contribution >= 0.6 is 24.0 Å². The lowest BCUT2D eigenvalue weighted by Crippen LogP contribution is -2.44. The van der Waals surface area contributed by atoms with Gasteiger partial charge in [0.25, 0.3) is 0 Å². The highest BCUT2D eigenvalue weighted by Crippen LogP contribution is 2.28. The molecule has 0 spiro atoms. The van der Waals surface area contributed by atoms with Crippen molar-refractivity contribution in [2.75, 3.05) is 61.0 Å². The van der Waals surface area contributed by atoms with Crippen LogP contribution in [0.15, 0.2) is 4.99 Å². The first-order valence-electron chi connectivity index (χ1n) is 8.66. The molecule has 6 heteroatoms. The Morgan fingerprint density at radius 1 is 1.17 bits per heavy atom. The van der Waals surface area contributed by atoms with Crippen LogP contribution in [0, 0.1) is 11.8 Å². The van der Waals surface area contributed by atoms with E-state index in [2.05, 4.69) is 41.1 Å². The van der Waals surface area contributed by atoms with Gasteiger partial charge in [0.05, 0.1) is 6.61 Å². The van der Waals surface area contributed by atoms with Gasteiger partial charge in [0.15, 0.2) is 5.96 Å². The molecule has 0 atom stereocenters. The van der Waals surface area contributed by atoms with Crippen LogP contribution in [-0.4, -0.2) is 76.8 Å². The second-order valence-electron chi connectivity index (χ2n) is 6.78. The van der Waals surface area contributed by atoms with E-state index in [0.717, 1.165) is 50.6 Å². The maximum absolute atomic E-state index is 5.10. The summed E-state index contributed by atoms with van der Waals surface area (Å²) in [5.41, 5.74) is 0. The SMILES string of the molecule is CN=C(NCCN(C)CCOC)N(C)CC1CCC(C)CC1.I. The quantitative estimate of drug-likeness (QED) is 0.358. The molecule has 1 aliphatic carbocycles. The highest BCUT2D eigenvalue weighted by Gasteiger charge is 2.20. The van der Waals surface area contributed by atoms with Gasteiger partial charge in [-0.05, 0) is 31.7 Å². The van der Waals surface area contributed by atoms with Gasteiger partial charge in [0.2, 0.25) is 0 Å². The Morgan fingerprint density at radius 2 is 1.83 bits per heavy atom. The first-order chi connectivity index (χ1) is 10.6. The lowest BCUT2D eigenvalue weighted by molar-refractivity contribution is 0.162. The number of halogens is 1. The van der Waals surface area contributed by atoms with Crippen LogP contribution in [0.5, 0.6) is 0 Å². The van der Waals surface area contributed by atoms with Crippen molar-refractivity contribution in [1.82, 2.24) is 15.1 Å². The Kier molecular flexibility index (Phi) is 13.2. The van der Waals surface area contributed by atoms with Crippen LogP contribution in [0.2, 0.25) is 0 Å². The summed E-state index contributed by atoms with van der Waals surface area (Å²) in [6.07, 6.45) is 5.49. The van der Waals surface area contributed by atoms with Gasteiger partial charge in [0.1, 0.15) is 0 Å². The summed E-state index contributed by atoms with van der Waals surface area (Å²) in [6, 6.07) is 0. The fourth-order valence-corrected chi connectivity index (χ4v) is 3.09. The second-order valence-corrected chi connectivity index (χ2v) is 6.78. The van der Waals surface area contributed by atoms with Crippen molar-refractivity contribution >= 4 is 29.9 Å². The van der Waals surface area contributed by atoms with E-state index in [1.54, 1.807) is 7.11 Å². The summed E-state index contributed by atoms with van der Waals surface area (Å²) in [7, 11) is 7.89. The summed E-state index contributed by atoms with van der Waals surface area (Å²) >= 11 is 0. The predicted molar refractivity (Wildman–Crippen MR) is 110 cm³/mol. The predicted octanol–water partition coefficient (Wildman–Crippen LogP) is 2.52. The zero-order chi connectivity index (χ0) is 16.4. The van der Waals surface area contributed by atoms with Gasteiger partial charge in [-0.3, -0.25) is 4.99 Å². The van der Waals surface area contributed by atoms with E-state index in [1.807, 2.05) is 7.05 Å². The van der Waals surface area contributed by atoms with Crippen molar-refractivity contribution in [1.29, 1.82) is 0 Å². The van der Waals surface area contributed by atoms with E-state index >= 15 is 0 Å². The number of aliphatic imine (C=N–C) groups is 1. The molecule has 1 saturated carbocycles. The standard InChI is InChI=1S/C17H36N4O.HI/c1-15-6-8-16(9-7-15)14-21(4)17(18-2)19-10-11-20(3)12-13-22-5;/h15-16H,6-14H2,1-5H3,(H,18,19);1H. The minimum Gasteiger partial charge on any atom is -0.383 e. The molecule has 0 aromatic carbocycles. The summed E-state index contributed by atoms with van der Waals surface area (Å²) in [5.74, 6) is 2.75.